The molecule has 0 spiro atoms. The Morgan fingerprint density at radius 3 is 2.73 bits per heavy atom. The lowest BCUT2D eigenvalue weighted by molar-refractivity contribution is 0.997. The monoisotopic (exact) mass is 212 g/mol. The Morgan fingerprint density at radius 1 is 1.07 bits per heavy atom. The van der Waals surface area contributed by atoms with Crippen molar-refractivity contribution in [1.82, 2.24) is 0 Å². The van der Waals surface area contributed by atoms with Crippen molar-refractivity contribution < 1.29 is 0 Å². The third-order valence-corrected chi connectivity index (χ3v) is 3.94. The van der Waals surface area contributed by atoms with Crippen LogP contribution in [-0.2, 0) is 6.42 Å². The molecule has 2 aromatic rings. The minimum absolute atomic E-state index is 1.19. The molecule has 1 aliphatic carbocycles. The molecule has 0 radical (unpaired) electrons. The fourth-order valence-corrected chi connectivity index (χ4v) is 3.10. The van der Waals surface area contributed by atoms with Gasteiger partial charge in [-0.1, -0.05) is 36.4 Å². The zero-order valence-electron chi connectivity index (χ0n) is 8.44. The van der Waals surface area contributed by atoms with Crippen molar-refractivity contribution >= 4 is 17.4 Å². The van der Waals surface area contributed by atoms with Crippen molar-refractivity contribution in [3.05, 3.63) is 52.9 Å². The largest absolute Gasteiger partial charge is 0.136 e. The van der Waals surface area contributed by atoms with Gasteiger partial charge in [0.2, 0.25) is 0 Å². The fraction of sp³-hybridized carbons (Fsp3) is 0.143. The van der Waals surface area contributed by atoms with E-state index in [1.165, 1.54) is 33.7 Å². The van der Waals surface area contributed by atoms with Crippen molar-refractivity contribution in [2.24, 2.45) is 0 Å². The molecule has 1 heteroatoms. The average molecular weight is 212 g/mol. The van der Waals surface area contributed by atoms with Gasteiger partial charge in [0.1, 0.15) is 0 Å². The Kier molecular flexibility index (Phi) is 2.18. The molecule has 0 atom stereocenters. The molecule has 0 saturated carbocycles. The molecule has 0 bridgehead atoms. The smallest absolute Gasteiger partial charge is 0.0351 e. The van der Waals surface area contributed by atoms with Gasteiger partial charge >= 0.3 is 0 Å². The Balaban J connectivity index is 2.07. The highest BCUT2D eigenvalue weighted by Gasteiger charge is 2.10. The van der Waals surface area contributed by atoms with Crippen LogP contribution in [0.3, 0.4) is 0 Å². The molecule has 0 fully saturated rings. The molecule has 0 amide bonds. The SMILES string of the molecule is C1=Cc2sc(-c3ccccc3)cc2CC1. The predicted octanol–water partition coefficient (Wildman–Crippen LogP) is 4.37. The van der Waals surface area contributed by atoms with Crippen molar-refractivity contribution in [1.29, 1.82) is 0 Å². The number of thiophene rings is 1. The number of allylic oxidation sites excluding steroid dienone is 1. The summed E-state index contributed by atoms with van der Waals surface area (Å²) in [4.78, 5) is 2.84. The van der Waals surface area contributed by atoms with Crippen LogP contribution in [0.15, 0.2) is 42.5 Å². The summed E-state index contributed by atoms with van der Waals surface area (Å²) in [6.07, 6.45) is 6.93. The maximum atomic E-state index is 2.35. The summed E-state index contributed by atoms with van der Waals surface area (Å²) < 4.78 is 0. The zero-order chi connectivity index (χ0) is 10.1. The van der Waals surface area contributed by atoms with E-state index < -0.39 is 0 Å². The summed E-state index contributed by atoms with van der Waals surface area (Å²) >= 11 is 1.90. The fourth-order valence-electron chi connectivity index (χ4n) is 1.95. The van der Waals surface area contributed by atoms with Crippen LogP contribution in [0.5, 0.6) is 0 Å². The van der Waals surface area contributed by atoms with Gasteiger partial charge in [0.05, 0.1) is 0 Å². The van der Waals surface area contributed by atoms with E-state index in [2.05, 4.69) is 48.6 Å². The molecular weight excluding hydrogens is 200 g/mol. The highest BCUT2D eigenvalue weighted by atomic mass is 32.1. The second-order valence-corrected chi connectivity index (χ2v) is 4.89. The summed E-state index contributed by atoms with van der Waals surface area (Å²) in [5.41, 5.74) is 2.85. The summed E-state index contributed by atoms with van der Waals surface area (Å²) in [7, 11) is 0. The first kappa shape index (κ1) is 8.93. The van der Waals surface area contributed by atoms with Crippen molar-refractivity contribution in [2.75, 3.05) is 0 Å². The molecule has 0 N–H and O–H groups in total. The van der Waals surface area contributed by atoms with E-state index in [4.69, 9.17) is 0 Å². The number of aryl methyl sites for hydroxylation is 1. The van der Waals surface area contributed by atoms with E-state index in [0.717, 1.165) is 0 Å². The normalized spacial score (nSPS) is 13.9. The van der Waals surface area contributed by atoms with Crippen molar-refractivity contribution in [2.45, 2.75) is 12.8 Å². The number of fused-ring (bicyclic) bond motifs is 1. The third-order valence-electron chi connectivity index (χ3n) is 2.75. The molecule has 1 aromatic carbocycles. The maximum absolute atomic E-state index is 2.35. The molecule has 0 unspecified atom stereocenters. The molecular formula is C14H12S. The minimum atomic E-state index is 1.19. The van der Waals surface area contributed by atoms with Crippen LogP contribution in [0.2, 0.25) is 0 Å². The van der Waals surface area contributed by atoms with E-state index >= 15 is 0 Å². The van der Waals surface area contributed by atoms with Crippen LogP contribution in [0, 0.1) is 0 Å². The highest BCUT2D eigenvalue weighted by molar-refractivity contribution is 7.16. The van der Waals surface area contributed by atoms with E-state index in [-0.39, 0.29) is 0 Å². The van der Waals surface area contributed by atoms with Gasteiger partial charge < -0.3 is 0 Å². The topological polar surface area (TPSA) is 0 Å². The van der Waals surface area contributed by atoms with Gasteiger partial charge in [-0.15, -0.1) is 11.3 Å². The molecule has 1 heterocycles. The third kappa shape index (κ3) is 1.64. The molecule has 74 valence electrons. The van der Waals surface area contributed by atoms with Gasteiger partial charge in [-0.2, -0.15) is 0 Å². The molecule has 15 heavy (non-hydrogen) atoms. The predicted molar refractivity (Wildman–Crippen MR) is 67.1 cm³/mol. The van der Waals surface area contributed by atoms with Crippen molar-refractivity contribution in [3.63, 3.8) is 0 Å². The molecule has 0 aliphatic heterocycles. The number of hydrogen-bond donors (Lipinski definition) is 0. The lowest BCUT2D eigenvalue weighted by atomic mass is 10.0. The summed E-state index contributed by atoms with van der Waals surface area (Å²) in [6.45, 7) is 0. The lowest BCUT2D eigenvalue weighted by Crippen LogP contribution is -1.86. The van der Waals surface area contributed by atoms with Crippen LogP contribution in [0.4, 0.5) is 0 Å². The summed E-state index contributed by atoms with van der Waals surface area (Å²) in [6, 6.07) is 13.0. The molecule has 0 saturated heterocycles. The first-order valence-electron chi connectivity index (χ1n) is 5.28. The van der Waals surface area contributed by atoms with E-state index in [1.54, 1.807) is 0 Å². The Hall–Kier alpha value is -1.34. The van der Waals surface area contributed by atoms with E-state index in [0.29, 0.717) is 0 Å². The Labute approximate surface area is 93.9 Å². The van der Waals surface area contributed by atoms with Crippen LogP contribution < -0.4 is 0 Å². The van der Waals surface area contributed by atoms with Gasteiger partial charge in [-0.3, -0.25) is 0 Å². The number of hydrogen-bond acceptors (Lipinski definition) is 1. The summed E-state index contributed by atoms with van der Waals surface area (Å²) in [5.74, 6) is 0. The van der Waals surface area contributed by atoms with E-state index in [1.807, 2.05) is 11.3 Å². The van der Waals surface area contributed by atoms with Crippen LogP contribution in [0.25, 0.3) is 16.5 Å². The van der Waals surface area contributed by atoms with Gasteiger partial charge in [0.25, 0.3) is 0 Å². The molecule has 0 nitrogen and oxygen atoms in total. The van der Waals surface area contributed by atoms with Gasteiger partial charge in [-0.25, -0.2) is 0 Å². The van der Waals surface area contributed by atoms with E-state index in [9.17, 15) is 0 Å². The maximum Gasteiger partial charge on any atom is 0.0351 e. The summed E-state index contributed by atoms with van der Waals surface area (Å²) in [5, 5.41) is 0. The quantitative estimate of drug-likeness (QED) is 0.658. The van der Waals surface area contributed by atoms with Crippen LogP contribution >= 0.6 is 11.3 Å². The minimum Gasteiger partial charge on any atom is -0.136 e. The molecule has 3 rings (SSSR count). The first-order valence-corrected chi connectivity index (χ1v) is 6.10. The molecule has 1 aromatic heterocycles. The van der Waals surface area contributed by atoms with Crippen molar-refractivity contribution in [3.8, 4) is 10.4 Å². The molecule has 1 aliphatic rings. The second kappa shape index (κ2) is 3.67. The van der Waals surface area contributed by atoms with Gasteiger partial charge in [0.15, 0.2) is 0 Å². The van der Waals surface area contributed by atoms with Crippen LogP contribution in [-0.4, -0.2) is 0 Å². The number of benzene rings is 1. The van der Waals surface area contributed by atoms with Gasteiger partial charge in [-0.05, 0) is 36.1 Å². The van der Waals surface area contributed by atoms with Gasteiger partial charge in [0, 0.05) is 9.75 Å². The highest BCUT2D eigenvalue weighted by Crippen LogP contribution is 2.34. The lowest BCUT2D eigenvalue weighted by Gasteiger charge is -2.01. The standard InChI is InChI=1S/C14H12S/c1-2-6-11(7-3-1)14-10-12-8-4-5-9-13(12)15-14/h1-3,5-7,9-10H,4,8H2. The second-order valence-electron chi connectivity index (χ2n) is 3.81. The first-order chi connectivity index (χ1) is 7.43. The van der Waals surface area contributed by atoms with Crippen LogP contribution in [0.1, 0.15) is 16.9 Å². The zero-order valence-corrected chi connectivity index (χ0v) is 9.26. The number of rotatable bonds is 1. The average Bonchev–Trinajstić information content (AvgIpc) is 2.74. The Morgan fingerprint density at radius 2 is 1.93 bits per heavy atom. The Bertz CT molecular complexity index is 491.